The molecular formula is C25H19N5O2. The van der Waals surface area contributed by atoms with Crippen molar-refractivity contribution in [3.05, 3.63) is 96.8 Å². The molecule has 0 aromatic heterocycles. The number of anilines is 3. The van der Waals surface area contributed by atoms with E-state index in [1.165, 1.54) is 0 Å². The molecular weight excluding hydrogens is 402 g/mol. The molecule has 7 nitrogen and oxygen atoms in total. The van der Waals surface area contributed by atoms with Crippen molar-refractivity contribution < 1.29 is 9.90 Å². The first kappa shape index (κ1) is 19.3. The third kappa shape index (κ3) is 3.63. The quantitative estimate of drug-likeness (QED) is 0.282. The lowest BCUT2D eigenvalue weighted by Gasteiger charge is -2.11. The summed E-state index contributed by atoms with van der Waals surface area (Å²) >= 11 is 0. The van der Waals surface area contributed by atoms with Crippen LogP contribution in [0.25, 0.3) is 10.8 Å². The van der Waals surface area contributed by atoms with Crippen LogP contribution in [0.1, 0.15) is 10.4 Å². The third-order valence-electron chi connectivity index (χ3n) is 5.11. The van der Waals surface area contributed by atoms with E-state index in [-0.39, 0.29) is 17.0 Å². The van der Waals surface area contributed by atoms with E-state index in [4.69, 9.17) is 0 Å². The van der Waals surface area contributed by atoms with Crippen molar-refractivity contribution in [2.75, 3.05) is 16.0 Å². The molecule has 1 heterocycles. The molecule has 1 aliphatic heterocycles. The zero-order valence-corrected chi connectivity index (χ0v) is 17.0. The summed E-state index contributed by atoms with van der Waals surface area (Å²) in [5.41, 5.74) is 3.28. The summed E-state index contributed by atoms with van der Waals surface area (Å²) in [5.74, 6) is -0.00609. The Balaban J connectivity index is 1.52. The Morgan fingerprint density at radius 3 is 2.47 bits per heavy atom. The van der Waals surface area contributed by atoms with Crippen LogP contribution in [0.4, 0.5) is 28.4 Å². The summed E-state index contributed by atoms with van der Waals surface area (Å²) in [6.45, 7) is 3.83. The van der Waals surface area contributed by atoms with Gasteiger partial charge in [0.15, 0.2) is 5.75 Å². The third-order valence-corrected chi connectivity index (χ3v) is 5.11. The highest BCUT2D eigenvalue weighted by Gasteiger charge is 2.19. The standard InChI is InChI=1S/C25H19N5O2/c1-15-26-21-12-11-18(14-22(21)27-15)28-25(32)20-13-16-7-5-6-10-19(16)23(24(20)31)30-29-17-8-3-2-4-9-17/h2-14,26-27,31H,1H2,(H,28,32). The molecule has 1 aliphatic rings. The number of phenols is 1. The number of benzene rings is 4. The van der Waals surface area contributed by atoms with E-state index in [1.807, 2.05) is 60.7 Å². The number of nitrogens with zero attached hydrogens (tertiary/aromatic N) is 2. The summed E-state index contributed by atoms with van der Waals surface area (Å²) in [6, 6.07) is 23.7. The maximum Gasteiger partial charge on any atom is 0.259 e. The van der Waals surface area contributed by atoms with E-state index < -0.39 is 5.91 Å². The first-order valence-electron chi connectivity index (χ1n) is 9.98. The van der Waals surface area contributed by atoms with Crippen LogP contribution in [0, 0.1) is 0 Å². The second-order valence-corrected chi connectivity index (χ2v) is 7.32. The van der Waals surface area contributed by atoms with Gasteiger partial charge in [-0.3, -0.25) is 4.79 Å². The average Bonchev–Trinajstić information content (AvgIpc) is 3.18. The van der Waals surface area contributed by atoms with Crippen LogP contribution >= 0.6 is 0 Å². The predicted molar refractivity (Wildman–Crippen MR) is 127 cm³/mol. The van der Waals surface area contributed by atoms with Crippen molar-refractivity contribution in [1.82, 2.24) is 0 Å². The van der Waals surface area contributed by atoms with E-state index in [1.54, 1.807) is 18.2 Å². The van der Waals surface area contributed by atoms with Gasteiger partial charge in [0.1, 0.15) is 11.5 Å². The van der Waals surface area contributed by atoms with E-state index in [2.05, 4.69) is 32.8 Å². The minimum absolute atomic E-state index is 0.113. The molecule has 156 valence electrons. The fourth-order valence-corrected chi connectivity index (χ4v) is 3.58. The lowest BCUT2D eigenvalue weighted by atomic mass is 10.0. The van der Waals surface area contributed by atoms with Gasteiger partial charge in [0.2, 0.25) is 0 Å². The minimum atomic E-state index is -0.450. The van der Waals surface area contributed by atoms with Gasteiger partial charge in [0.25, 0.3) is 5.91 Å². The lowest BCUT2D eigenvalue weighted by Crippen LogP contribution is -2.12. The molecule has 0 saturated heterocycles. The molecule has 4 N–H and O–H groups in total. The Labute approximate surface area is 184 Å². The molecule has 5 rings (SSSR count). The van der Waals surface area contributed by atoms with Crippen LogP contribution < -0.4 is 16.0 Å². The number of fused-ring (bicyclic) bond motifs is 2. The number of amides is 1. The molecule has 0 bridgehead atoms. The number of carbonyl (C=O) groups is 1. The Hall–Kier alpha value is -4.65. The van der Waals surface area contributed by atoms with Gasteiger partial charge >= 0.3 is 0 Å². The average molecular weight is 421 g/mol. The van der Waals surface area contributed by atoms with Crippen molar-refractivity contribution in [3.8, 4) is 5.75 Å². The number of carbonyl (C=O) groups excluding carboxylic acids is 1. The molecule has 1 amide bonds. The van der Waals surface area contributed by atoms with Gasteiger partial charge in [-0.05, 0) is 41.8 Å². The molecule has 32 heavy (non-hydrogen) atoms. The van der Waals surface area contributed by atoms with Gasteiger partial charge in [-0.15, -0.1) is 5.11 Å². The van der Waals surface area contributed by atoms with Gasteiger partial charge in [0, 0.05) is 11.1 Å². The van der Waals surface area contributed by atoms with Crippen LogP contribution in [0.3, 0.4) is 0 Å². The van der Waals surface area contributed by atoms with Gasteiger partial charge in [-0.1, -0.05) is 49.0 Å². The molecule has 4 aromatic carbocycles. The Bertz CT molecular complexity index is 1400. The first-order chi connectivity index (χ1) is 15.6. The van der Waals surface area contributed by atoms with Crippen LogP contribution in [-0.2, 0) is 0 Å². The maximum absolute atomic E-state index is 13.1. The molecule has 0 saturated carbocycles. The van der Waals surface area contributed by atoms with Gasteiger partial charge < -0.3 is 21.1 Å². The molecule has 4 aromatic rings. The summed E-state index contributed by atoms with van der Waals surface area (Å²) in [7, 11) is 0. The molecule has 7 heteroatoms. The van der Waals surface area contributed by atoms with Crippen molar-refractivity contribution in [2.24, 2.45) is 10.2 Å². The number of phenolic OH excluding ortho intramolecular Hbond substituents is 1. The molecule has 0 aliphatic carbocycles. The van der Waals surface area contributed by atoms with Gasteiger partial charge in [-0.2, -0.15) is 5.11 Å². The summed E-state index contributed by atoms with van der Waals surface area (Å²) in [4.78, 5) is 13.1. The second kappa shape index (κ2) is 7.88. The number of hydrogen-bond acceptors (Lipinski definition) is 6. The zero-order valence-electron chi connectivity index (χ0n) is 17.0. The predicted octanol–water partition coefficient (Wildman–Crippen LogP) is 6.52. The lowest BCUT2D eigenvalue weighted by molar-refractivity contribution is 0.102. The summed E-state index contributed by atoms with van der Waals surface area (Å²) < 4.78 is 0. The van der Waals surface area contributed by atoms with Crippen LogP contribution in [-0.4, -0.2) is 11.0 Å². The maximum atomic E-state index is 13.1. The van der Waals surface area contributed by atoms with E-state index in [9.17, 15) is 9.90 Å². The van der Waals surface area contributed by atoms with Crippen molar-refractivity contribution in [3.63, 3.8) is 0 Å². The van der Waals surface area contributed by atoms with Crippen molar-refractivity contribution in [2.45, 2.75) is 0 Å². The van der Waals surface area contributed by atoms with Crippen LogP contribution in [0.15, 0.2) is 101 Å². The Morgan fingerprint density at radius 2 is 1.62 bits per heavy atom. The van der Waals surface area contributed by atoms with Crippen molar-refractivity contribution in [1.29, 1.82) is 0 Å². The monoisotopic (exact) mass is 421 g/mol. The fraction of sp³-hybridized carbons (Fsp3) is 0. The number of nitrogens with one attached hydrogen (secondary N) is 3. The second-order valence-electron chi connectivity index (χ2n) is 7.32. The summed E-state index contributed by atoms with van der Waals surface area (Å²) in [5, 5.41) is 30.0. The SMILES string of the molecule is C=C1Nc2ccc(NC(=O)c3cc4ccccc4c(N=Nc4ccccc4)c3O)cc2N1. The van der Waals surface area contributed by atoms with Gasteiger partial charge in [0.05, 0.1) is 22.6 Å². The summed E-state index contributed by atoms with van der Waals surface area (Å²) in [6.07, 6.45) is 0. The van der Waals surface area contributed by atoms with E-state index in [0.717, 1.165) is 16.8 Å². The Kier molecular flexibility index (Phi) is 4.76. The molecule has 0 unspecified atom stereocenters. The number of rotatable bonds is 4. The topological polar surface area (TPSA) is 98.1 Å². The number of aromatic hydroxyl groups is 1. The van der Waals surface area contributed by atoms with Gasteiger partial charge in [-0.25, -0.2) is 0 Å². The normalized spacial score (nSPS) is 12.4. The molecule has 0 spiro atoms. The Morgan fingerprint density at radius 1 is 0.875 bits per heavy atom. The van der Waals surface area contributed by atoms with Crippen molar-refractivity contribution >= 4 is 45.1 Å². The number of hydrogen-bond donors (Lipinski definition) is 4. The highest BCUT2D eigenvalue weighted by Crippen LogP contribution is 2.40. The smallest absolute Gasteiger partial charge is 0.259 e. The minimum Gasteiger partial charge on any atom is -0.505 e. The molecule has 0 atom stereocenters. The zero-order chi connectivity index (χ0) is 22.1. The van der Waals surface area contributed by atoms with E-state index in [0.29, 0.717) is 22.6 Å². The molecule has 0 fully saturated rings. The molecule has 0 radical (unpaired) electrons. The van der Waals surface area contributed by atoms with Crippen LogP contribution in [0.5, 0.6) is 5.75 Å². The highest BCUT2D eigenvalue weighted by atomic mass is 16.3. The fourth-order valence-electron chi connectivity index (χ4n) is 3.58. The highest BCUT2D eigenvalue weighted by molar-refractivity contribution is 6.12. The number of azo groups is 1. The van der Waals surface area contributed by atoms with E-state index >= 15 is 0 Å². The van der Waals surface area contributed by atoms with Crippen LogP contribution in [0.2, 0.25) is 0 Å². The first-order valence-corrected chi connectivity index (χ1v) is 9.98. The largest absolute Gasteiger partial charge is 0.505 e.